The Kier molecular flexibility index (Phi) is 2.33. The van der Waals surface area contributed by atoms with E-state index in [0.717, 1.165) is 6.54 Å². The molecule has 0 aliphatic carbocycles. The second-order valence-corrected chi connectivity index (χ2v) is 3.09. The molecule has 0 radical (unpaired) electrons. The molecule has 0 unspecified atom stereocenters. The second-order valence-electron chi connectivity index (χ2n) is 3.09. The van der Waals surface area contributed by atoms with Gasteiger partial charge in [-0.2, -0.15) is 0 Å². The van der Waals surface area contributed by atoms with Crippen LogP contribution in [0.25, 0.3) is 0 Å². The van der Waals surface area contributed by atoms with Crippen molar-refractivity contribution >= 4 is 0 Å². The van der Waals surface area contributed by atoms with Crippen molar-refractivity contribution in [1.82, 2.24) is 10.6 Å². The molecule has 1 rings (SSSR count). The molecule has 0 spiro atoms. The van der Waals surface area contributed by atoms with E-state index in [1.807, 2.05) is 0 Å². The van der Waals surface area contributed by atoms with Crippen LogP contribution in [0.1, 0.15) is 20.8 Å². The lowest BCUT2D eigenvalue weighted by molar-refractivity contribution is 0.595. The lowest BCUT2D eigenvalue weighted by Crippen LogP contribution is -2.31. The number of nitrogens with one attached hydrogen (secondary N) is 2. The van der Waals surface area contributed by atoms with Gasteiger partial charge in [0.1, 0.15) is 0 Å². The first kappa shape index (κ1) is 7.61. The van der Waals surface area contributed by atoms with Gasteiger partial charge < -0.3 is 10.6 Å². The molecule has 0 fully saturated rings. The van der Waals surface area contributed by atoms with Crippen LogP contribution in [-0.4, -0.2) is 18.6 Å². The van der Waals surface area contributed by atoms with Crippen molar-refractivity contribution in [2.45, 2.75) is 32.9 Å². The fourth-order valence-corrected chi connectivity index (χ4v) is 1.15. The van der Waals surface area contributed by atoms with Crippen molar-refractivity contribution in [3.05, 3.63) is 11.8 Å². The summed E-state index contributed by atoms with van der Waals surface area (Å²) >= 11 is 0. The van der Waals surface area contributed by atoms with Crippen LogP contribution in [0.3, 0.4) is 0 Å². The van der Waals surface area contributed by atoms with Crippen LogP contribution in [0.5, 0.6) is 0 Å². The number of rotatable bonds is 2. The summed E-state index contributed by atoms with van der Waals surface area (Å²) in [6, 6.07) is 1.07. The fraction of sp³-hybridized carbons (Fsp3) is 0.750. The zero-order chi connectivity index (χ0) is 7.56. The maximum atomic E-state index is 3.39. The van der Waals surface area contributed by atoms with E-state index >= 15 is 0 Å². The van der Waals surface area contributed by atoms with Crippen LogP contribution < -0.4 is 10.6 Å². The first-order valence-electron chi connectivity index (χ1n) is 3.90. The van der Waals surface area contributed by atoms with Gasteiger partial charge in [-0.3, -0.25) is 0 Å². The molecule has 1 aliphatic heterocycles. The van der Waals surface area contributed by atoms with Gasteiger partial charge in [-0.25, -0.2) is 0 Å². The topological polar surface area (TPSA) is 24.1 Å². The Labute approximate surface area is 62.7 Å². The highest BCUT2D eigenvalue weighted by Crippen LogP contribution is 2.04. The minimum atomic E-state index is 0.516. The van der Waals surface area contributed by atoms with Gasteiger partial charge in [-0.05, 0) is 20.8 Å². The smallest absolute Gasteiger partial charge is 0.0440 e. The van der Waals surface area contributed by atoms with Gasteiger partial charge in [0.15, 0.2) is 0 Å². The highest BCUT2D eigenvalue weighted by atomic mass is 15.0. The maximum absolute atomic E-state index is 3.39. The summed E-state index contributed by atoms with van der Waals surface area (Å²) in [5.74, 6) is 0. The number of hydrogen-bond donors (Lipinski definition) is 2. The Hall–Kier alpha value is -0.500. The molecule has 0 saturated heterocycles. The third kappa shape index (κ3) is 1.74. The molecule has 2 nitrogen and oxygen atoms in total. The highest BCUT2D eigenvalue weighted by molar-refractivity contribution is 5.14. The Bertz CT molecular complexity index is 138. The quantitative estimate of drug-likeness (QED) is 0.594. The van der Waals surface area contributed by atoms with Crippen molar-refractivity contribution in [1.29, 1.82) is 0 Å². The SMILES string of the molecule is CC(C)NC1=CCN[C@H]1C. The summed E-state index contributed by atoms with van der Waals surface area (Å²) in [4.78, 5) is 0. The minimum Gasteiger partial charge on any atom is -0.385 e. The first-order valence-corrected chi connectivity index (χ1v) is 3.90. The van der Waals surface area contributed by atoms with E-state index in [-0.39, 0.29) is 0 Å². The predicted octanol–water partition coefficient (Wildman–Crippen LogP) is 0.860. The summed E-state index contributed by atoms with van der Waals surface area (Å²) in [5.41, 5.74) is 1.34. The molecule has 2 heteroatoms. The summed E-state index contributed by atoms with van der Waals surface area (Å²) < 4.78 is 0. The molecule has 1 heterocycles. The van der Waals surface area contributed by atoms with E-state index in [0.29, 0.717) is 12.1 Å². The Morgan fingerprint density at radius 2 is 2.40 bits per heavy atom. The van der Waals surface area contributed by atoms with Crippen LogP contribution in [0.15, 0.2) is 11.8 Å². The summed E-state index contributed by atoms with van der Waals surface area (Å²) in [7, 11) is 0. The first-order chi connectivity index (χ1) is 4.70. The normalized spacial score (nSPS) is 25.2. The van der Waals surface area contributed by atoms with Crippen LogP contribution in [0.4, 0.5) is 0 Å². The van der Waals surface area contributed by atoms with Crippen molar-refractivity contribution < 1.29 is 0 Å². The predicted molar refractivity (Wildman–Crippen MR) is 43.8 cm³/mol. The summed E-state index contributed by atoms with van der Waals surface area (Å²) in [6.45, 7) is 7.50. The molecular weight excluding hydrogens is 124 g/mol. The van der Waals surface area contributed by atoms with E-state index in [4.69, 9.17) is 0 Å². The second kappa shape index (κ2) is 3.06. The molecule has 10 heavy (non-hydrogen) atoms. The Morgan fingerprint density at radius 3 is 2.80 bits per heavy atom. The molecule has 1 aliphatic rings. The van der Waals surface area contributed by atoms with Crippen molar-refractivity contribution in [2.24, 2.45) is 0 Å². The maximum Gasteiger partial charge on any atom is 0.0440 e. The van der Waals surface area contributed by atoms with Crippen LogP contribution in [-0.2, 0) is 0 Å². The van der Waals surface area contributed by atoms with Crippen molar-refractivity contribution in [3.63, 3.8) is 0 Å². The van der Waals surface area contributed by atoms with Gasteiger partial charge >= 0.3 is 0 Å². The van der Waals surface area contributed by atoms with Gasteiger partial charge in [-0.1, -0.05) is 6.08 Å². The highest BCUT2D eigenvalue weighted by Gasteiger charge is 2.12. The summed E-state index contributed by atoms with van der Waals surface area (Å²) in [6.07, 6.45) is 2.21. The third-order valence-electron chi connectivity index (χ3n) is 1.67. The van der Waals surface area contributed by atoms with Crippen LogP contribution >= 0.6 is 0 Å². The van der Waals surface area contributed by atoms with E-state index in [1.165, 1.54) is 5.70 Å². The molecule has 0 aromatic heterocycles. The number of hydrogen-bond acceptors (Lipinski definition) is 2. The average molecular weight is 140 g/mol. The zero-order valence-electron chi connectivity index (χ0n) is 6.94. The molecule has 0 aromatic carbocycles. The minimum absolute atomic E-state index is 0.516. The van der Waals surface area contributed by atoms with E-state index in [9.17, 15) is 0 Å². The van der Waals surface area contributed by atoms with E-state index in [2.05, 4.69) is 37.5 Å². The Balaban J connectivity index is 2.40. The average Bonchev–Trinajstić information content (AvgIpc) is 2.15. The third-order valence-corrected chi connectivity index (χ3v) is 1.67. The van der Waals surface area contributed by atoms with Gasteiger partial charge in [0.05, 0.1) is 0 Å². The molecule has 1 atom stereocenters. The van der Waals surface area contributed by atoms with Crippen LogP contribution in [0.2, 0.25) is 0 Å². The monoisotopic (exact) mass is 140 g/mol. The standard InChI is InChI=1S/C8H16N2/c1-6(2)10-8-4-5-9-7(8)3/h4,6-7,9-10H,5H2,1-3H3/t7-/m0/s1. The lowest BCUT2D eigenvalue weighted by Gasteiger charge is -2.15. The van der Waals surface area contributed by atoms with Gasteiger partial charge in [-0.15, -0.1) is 0 Å². The van der Waals surface area contributed by atoms with Gasteiger partial charge in [0, 0.05) is 24.3 Å². The van der Waals surface area contributed by atoms with Crippen molar-refractivity contribution in [2.75, 3.05) is 6.54 Å². The van der Waals surface area contributed by atoms with E-state index < -0.39 is 0 Å². The van der Waals surface area contributed by atoms with Crippen molar-refractivity contribution in [3.8, 4) is 0 Å². The molecule has 58 valence electrons. The van der Waals surface area contributed by atoms with E-state index in [1.54, 1.807) is 0 Å². The largest absolute Gasteiger partial charge is 0.385 e. The summed E-state index contributed by atoms with van der Waals surface area (Å²) in [5, 5.41) is 6.71. The van der Waals surface area contributed by atoms with Gasteiger partial charge in [0.25, 0.3) is 0 Å². The molecule has 2 N–H and O–H groups in total. The van der Waals surface area contributed by atoms with Gasteiger partial charge in [0.2, 0.25) is 0 Å². The molecular formula is C8H16N2. The van der Waals surface area contributed by atoms with Crippen LogP contribution in [0, 0.1) is 0 Å². The zero-order valence-corrected chi connectivity index (χ0v) is 6.94. The fourth-order valence-electron chi connectivity index (χ4n) is 1.15. The Morgan fingerprint density at radius 1 is 1.70 bits per heavy atom. The lowest BCUT2D eigenvalue weighted by atomic mass is 10.2. The molecule has 0 saturated carbocycles. The molecule has 0 aromatic rings. The molecule has 0 bridgehead atoms. The molecule has 0 amide bonds.